The Morgan fingerprint density at radius 1 is 1.34 bits per heavy atom. The van der Waals surface area contributed by atoms with Gasteiger partial charge in [-0.25, -0.2) is 0 Å². The Morgan fingerprint density at radius 3 is 2.83 bits per heavy atom. The first kappa shape index (κ1) is 22.9. The van der Waals surface area contributed by atoms with Crippen molar-refractivity contribution in [2.45, 2.75) is 45.2 Å². The largest absolute Gasteiger partial charge is 0.466 e. The molecule has 0 bridgehead atoms. The van der Waals surface area contributed by atoms with Gasteiger partial charge in [0.05, 0.1) is 25.1 Å². The molecule has 2 atom stereocenters. The molecule has 8 heteroatoms. The molecule has 29 heavy (non-hydrogen) atoms. The molecule has 3 rings (SSSR count). The number of halogens is 1. The van der Waals surface area contributed by atoms with Gasteiger partial charge in [0.25, 0.3) is 5.91 Å². The van der Waals surface area contributed by atoms with Crippen LogP contribution in [0.4, 0.5) is 0 Å². The number of aromatic nitrogens is 2. The maximum atomic E-state index is 12.8. The Kier molecular flexibility index (Phi) is 8.67. The van der Waals surface area contributed by atoms with E-state index in [1.165, 1.54) is 0 Å². The molecule has 1 aliphatic heterocycles. The minimum absolute atomic E-state index is 0. The Bertz CT molecular complexity index is 818. The van der Waals surface area contributed by atoms with Gasteiger partial charge < -0.3 is 15.4 Å². The van der Waals surface area contributed by atoms with Crippen LogP contribution in [0.3, 0.4) is 0 Å². The zero-order valence-corrected chi connectivity index (χ0v) is 17.7. The molecule has 2 unspecified atom stereocenters. The Morgan fingerprint density at radius 2 is 2.14 bits per heavy atom. The highest BCUT2D eigenvalue weighted by molar-refractivity contribution is 5.92. The number of carbonyl (C=O) groups excluding carboxylic acids is 2. The number of hydrogen-bond donors (Lipinski definition) is 2. The number of nitrogens with zero attached hydrogens (tertiary/aromatic N) is 2. The van der Waals surface area contributed by atoms with Gasteiger partial charge in [-0.2, -0.15) is 5.10 Å². The highest BCUT2D eigenvalue weighted by atomic mass is 35.5. The van der Waals surface area contributed by atoms with Crippen LogP contribution in [-0.2, 0) is 9.53 Å². The summed E-state index contributed by atoms with van der Waals surface area (Å²) in [5, 5.41) is 10.8. The van der Waals surface area contributed by atoms with Gasteiger partial charge in [0.1, 0.15) is 5.69 Å². The molecule has 0 aliphatic carbocycles. The summed E-state index contributed by atoms with van der Waals surface area (Å²) < 4.78 is 6.94. The van der Waals surface area contributed by atoms with Gasteiger partial charge >= 0.3 is 5.97 Å². The molecule has 1 aromatic heterocycles. The number of nitrogens with one attached hydrogen (secondary N) is 2. The molecular weight excluding hydrogens is 392 g/mol. The van der Waals surface area contributed by atoms with E-state index in [1.807, 2.05) is 42.1 Å². The number of aryl methyl sites for hydroxylation is 1. The van der Waals surface area contributed by atoms with Crippen LogP contribution < -0.4 is 10.6 Å². The molecule has 0 saturated carbocycles. The van der Waals surface area contributed by atoms with Crippen molar-refractivity contribution >= 4 is 24.3 Å². The second-order valence-corrected chi connectivity index (χ2v) is 7.07. The molecule has 2 heterocycles. The van der Waals surface area contributed by atoms with E-state index < -0.39 is 6.04 Å². The highest BCUT2D eigenvalue weighted by Crippen LogP contribution is 2.22. The van der Waals surface area contributed by atoms with Crippen molar-refractivity contribution in [1.82, 2.24) is 20.4 Å². The number of hydrogen-bond acceptors (Lipinski definition) is 5. The zero-order valence-electron chi connectivity index (χ0n) is 16.9. The minimum Gasteiger partial charge on any atom is -0.466 e. The van der Waals surface area contributed by atoms with E-state index in [1.54, 1.807) is 13.0 Å². The van der Waals surface area contributed by atoms with Gasteiger partial charge in [-0.15, -0.1) is 12.4 Å². The zero-order chi connectivity index (χ0) is 19.9. The SMILES string of the molecule is CCOC(=O)CC(NC(=O)c1ccn(C2CCCNC2)n1)c1ccccc1C.Cl. The molecule has 0 spiro atoms. The van der Waals surface area contributed by atoms with Gasteiger partial charge in [-0.05, 0) is 50.4 Å². The smallest absolute Gasteiger partial charge is 0.308 e. The third kappa shape index (κ3) is 6.05. The van der Waals surface area contributed by atoms with E-state index in [2.05, 4.69) is 15.7 Å². The van der Waals surface area contributed by atoms with Gasteiger partial charge in [0.2, 0.25) is 0 Å². The molecular formula is C21H29ClN4O3. The average Bonchev–Trinajstić information content (AvgIpc) is 3.19. The molecule has 1 saturated heterocycles. The van der Waals surface area contributed by atoms with Crippen LogP contribution in [-0.4, -0.2) is 41.4 Å². The molecule has 7 nitrogen and oxygen atoms in total. The van der Waals surface area contributed by atoms with E-state index in [9.17, 15) is 9.59 Å². The molecule has 1 amide bonds. The van der Waals surface area contributed by atoms with Crippen LogP contribution >= 0.6 is 12.4 Å². The van der Waals surface area contributed by atoms with Gasteiger partial charge in [0, 0.05) is 12.7 Å². The van der Waals surface area contributed by atoms with Crippen LogP contribution in [0, 0.1) is 6.92 Å². The van der Waals surface area contributed by atoms with Crippen LogP contribution in [0.25, 0.3) is 0 Å². The predicted molar refractivity (Wildman–Crippen MR) is 113 cm³/mol. The maximum Gasteiger partial charge on any atom is 0.308 e. The summed E-state index contributed by atoms with van der Waals surface area (Å²) in [6.45, 7) is 5.93. The van der Waals surface area contributed by atoms with Crippen molar-refractivity contribution in [3.05, 3.63) is 53.3 Å². The Balaban J connectivity index is 0.00000300. The fourth-order valence-electron chi connectivity index (χ4n) is 3.56. The second-order valence-electron chi connectivity index (χ2n) is 7.07. The third-order valence-electron chi connectivity index (χ3n) is 5.03. The maximum absolute atomic E-state index is 12.8. The summed E-state index contributed by atoms with van der Waals surface area (Å²) in [4.78, 5) is 24.9. The van der Waals surface area contributed by atoms with Crippen molar-refractivity contribution in [1.29, 1.82) is 0 Å². The van der Waals surface area contributed by atoms with E-state index in [0.717, 1.165) is 37.1 Å². The van der Waals surface area contributed by atoms with E-state index in [0.29, 0.717) is 12.3 Å². The Hall–Kier alpha value is -2.38. The lowest BCUT2D eigenvalue weighted by Crippen LogP contribution is -2.33. The van der Waals surface area contributed by atoms with E-state index in [4.69, 9.17) is 4.74 Å². The van der Waals surface area contributed by atoms with Crippen molar-refractivity contribution in [2.75, 3.05) is 19.7 Å². The summed E-state index contributed by atoms with van der Waals surface area (Å²) in [7, 11) is 0. The molecule has 2 N–H and O–H groups in total. The van der Waals surface area contributed by atoms with Gasteiger partial charge in [0.15, 0.2) is 0 Å². The fourth-order valence-corrected chi connectivity index (χ4v) is 3.56. The molecule has 2 aromatic rings. The average molecular weight is 421 g/mol. The van der Waals surface area contributed by atoms with E-state index >= 15 is 0 Å². The van der Waals surface area contributed by atoms with Crippen LogP contribution in [0.2, 0.25) is 0 Å². The van der Waals surface area contributed by atoms with Gasteiger partial charge in [-0.1, -0.05) is 24.3 Å². The number of rotatable bonds is 7. The second kappa shape index (κ2) is 11.0. The lowest BCUT2D eigenvalue weighted by molar-refractivity contribution is -0.143. The number of ether oxygens (including phenoxy) is 1. The number of esters is 1. The predicted octanol–water partition coefficient (Wildman–Crippen LogP) is 2.96. The van der Waals surface area contributed by atoms with Crippen LogP contribution in [0.15, 0.2) is 36.5 Å². The van der Waals surface area contributed by atoms with Crippen molar-refractivity contribution in [2.24, 2.45) is 0 Å². The van der Waals surface area contributed by atoms with Crippen LogP contribution in [0.1, 0.15) is 59.9 Å². The topological polar surface area (TPSA) is 85.2 Å². The highest BCUT2D eigenvalue weighted by Gasteiger charge is 2.23. The normalized spacial score (nSPS) is 17.1. The van der Waals surface area contributed by atoms with Crippen molar-refractivity contribution in [3.8, 4) is 0 Å². The first-order valence-corrected chi connectivity index (χ1v) is 9.86. The third-order valence-corrected chi connectivity index (χ3v) is 5.03. The molecule has 158 valence electrons. The molecule has 1 aliphatic rings. The van der Waals surface area contributed by atoms with Crippen LogP contribution in [0.5, 0.6) is 0 Å². The summed E-state index contributed by atoms with van der Waals surface area (Å²) in [5.74, 6) is -0.630. The Labute approximate surface area is 177 Å². The van der Waals surface area contributed by atoms with Crippen molar-refractivity contribution < 1.29 is 14.3 Å². The fraction of sp³-hybridized carbons (Fsp3) is 0.476. The molecule has 0 radical (unpaired) electrons. The summed E-state index contributed by atoms with van der Waals surface area (Å²) in [6.07, 6.45) is 4.07. The minimum atomic E-state index is -0.464. The monoisotopic (exact) mass is 420 g/mol. The summed E-state index contributed by atoms with van der Waals surface area (Å²) in [6, 6.07) is 9.25. The number of carbonyl (C=O) groups is 2. The number of piperidine rings is 1. The number of amides is 1. The lowest BCUT2D eigenvalue weighted by Gasteiger charge is -2.23. The first-order chi connectivity index (χ1) is 13.6. The first-order valence-electron chi connectivity index (χ1n) is 9.86. The van der Waals surface area contributed by atoms with Crippen molar-refractivity contribution in [3.63, 3.8) is 0 Å². The standard InChI is InChI=1S/C21H28N4O3.ClH/c1-3-28-20(26)13-19(17-9-5-4-7-15(17)2)23-21(27)18-10-12-25(24-18)16-8-6-11-22-14-16;/h4-5,7,9-10,12,16,19,22H,3,6,8,11,13-14H2,1-2H3,(H,23,27);1H. The summed E-state index contributed by atoms with van der Waals surface area (Å²) in [5.41, 5.74) is 2.27. The lowest BCUT2D eigenvalue weighted by atomic mass is 9.98. The number of benzene rings is 1. The van der Waals surface area contributed by atoms with Gasteiger partial charge in [-0.3, -0.25) is 14.3 Å². The van der Waals surface area contributed by atoms with E-state index in [-0.39, 0.29) is 36.7 Å². The molecule has 1 fully saturated rings. The quantitative estimate of drug-likeness (QED) is 0.672. The summed E-state index contributed by atoms with van der Waals surface area (Å²) >= 11 is 0. The molecule has 1 aromatic carbocycles.